The van der Waals surface area contributed by atoms with Crippen LogP contribution in [0.4, 0.5) is 4.79 Å². The van der Waals surface area contributed by atoms with Gasteiger partial charge in [0.05, 0.1) is 14.2 Å². The van der Waals surface area contributed by atoms with Crippen LogP contribution >= 0.6 is 0 Å². The van der Waals surface area contributed by atoms with Gasteiger partial charge < -0.3 is 19.1 Å². The minimum atomic E-state index is -0.595. The molecule has 0 unspecified atom stereocenters. The van der Waals surface area contributed by atoms with Crippen LogP contribution < -0.4 is 9.47 Å². The Morgan fingerprint density at radius 3 is 2.48 bits per heavy atom. The fourth-order valence-electron chi connectivity index (χ4n) is 3.00. The van der Waals surface area contributed by atoms with Crippen molar-refractivity contribution in [1.82, 2.24) is 4.90 Å². The molecule has 0 N–H and O–H groups in total. The molecule has 0 radical (unpaired) electrons. The zero-order valence-electron chi connectivity index (χ0n) is 14.5. The third-order valence-corrected chi connectivity index (χ3v) is 4.49. The monoisotopic (exact) mass is 346 g/mol. The smallest absolute Gasteiger partial charge is 0.425 e. The first kappa shape index (κ1) is 18.6. The minimum Gasteiger partial charge on any atom is -0.493 e. The number of methoxy groups -OCH3 is 2. The molecule has 2 rings (SSSR count). The number of carbonyl (C=O) groups excluding carboxylic acids is 2. The van der Waals surface area contributed by atoms with Gasteiger partial charge in [0.25, 0.3) is 6.26 Å². The van der Waals surface area contributed by atoms with Gasteiger partial charge in [-0.2, -0.15) is 0 Å². The number of amides is 1. The second-order valence-electron chi connectivity index (χ2n) is 5.92. The van der Waals surface area contributed by atoms with Crippen LogP contribution in [0.25, 0.3) is 0 Å². The molecule has 1 amide bonds. The quantitative estimate of drug-likeness (QED) is 0.581. The number of hydrogen-bond donors (Lipinski definition) is 0. The molecule has 0 bridgehead atoms. The summed E-state index contributed by atoms with van der Waals surface area (Å²) in [6.07, 6.45) is 3.63. The molecule has 7 nitrogen and oxygen atoms in total. The predicted molar refractivity (Wildman–Crippen MR) is 89.5 cm³/mol. The van der Waals surface area contributed by atoms with Crippen LogP contribution in [0.15, 0.2) is 18.2 Å². The highest BCUT2D eigenvalue weighted by atomic mass is 16.5. The van der Waals surface area contributed by atoms with Crippen molar-refractivity contribution < 1.29 is 23.8 Å². The van der Waals surface area contributed by atoms with Gasteiger partial charge in [-0.25, -0.2) is 4.79 Å². The molecule has 1 aliphatic heterocycles. The molecule has 1 saturated heterocycles. The molecule has 1 heterocycles. The lowest BCUT2D eigenvalue weighted by molar-refractivity contribution is 0.0952. The molecule has 1 aliphatic rings. The summed E-state index contributed by atoms with van der Waals surface area (Å²) >= 11 is 0. The highest BCUT2D eigenvalue weighted by Gasteiger charge is 2.24. The maximum absolute atomic E-state index is 12.4. The molecule has 7 heteroatoms. The summed E-state index contributed by atoms with van der Waals surface area (Å²) in [4.78, 5) is 25.4. The van der Waals surface area contributed by atoms with E-state index in [9.17, 15) is 9.59 Å². The van der Waals surface area contributed by atoms with Gasteiger partial charge in [0.1, 0.15) is 0 Å². The van der Waals surface area contributed by atoms with E-state index in [1.165, 1.54) is 18.3 Å². The summed E-state index contributed by atoms with van der Waals surface area (Å²) < 4.78 is 14.7. The number of piperidine rings is 1. The van der Waals surface area contributed by atoms with E-state index < -0.39 is 6.09 Å². The van der Waals surface area contributed by atoms with E-state index in [1.807, 2.05) is 0 Å². The molecule has 0 spiro atoms. The zero-order valence-corrected chi connectivity index (χ0v) is 14.5. The Kier molecular flexibility index (Phi) is 6.63. The third kappa shape index (κ3) is 4.86. The predicted octanol–water partition coefficient (Wildman–Crippen LogP) is 3.00. The molecule has 1 aromatic carbocycles. The van der Waals surface area contributed by atoms with Crippen molar-refractivity contribution in [2.75, 3.05) is 27.3 Å². The standard InChI is InChI=1S/C18H22N2O5/c1-23-16-6-4-14(11-17(16)24-2)15(21)5-3-13-7-9-20(10-8-13)18(22)25-12-19/h4,6,11,13H,3,5,7-10H2,1-2H3. The number of nitriles is 1. The first-order chi connectivity index (χ1) is 12.1. The van der Waals surface area contributed by atoms with Gasteiger partial charge in [-0.1, -0.05) is 0 Å². The van der Waals surface area contributed by atoms with Crippen molar-refractivity contribution in [2.45, 2.75) is 25.7 Å². The van der Waals surface area contributed by atoms with Crippen LogP contribution in [0.3, 0.4) is 0 Å². The normalized spacial score (nSPS) is 14.5. The Morgan fingerprint density at radius 2 is 1.88 bits per heavy atom. The van der Waals surface area contributed by atoms with E-state index in [0.29, 0.717) is 42.5 Å². The molecular formula is C18H22N2O5. The van der Waals surface area contributed by atoms with E-state index in [1.54, 1.807) is 25.3 Å². The Hall–Kier alpha value is -2.75. The number of benzene rings is 1. The van der Waals surface area contributed by atoms with Crippen molar-refractivity contribution >= 4 is 11.9 Å². The van der Waals surface area contributed by atoms with Crippen molar-refractivity contribution in [1.29, 1.82) is 5.26 Å². The third-order valence-electron chi connectivity index (χ3n) is 4.49. The number of carbonyl (C=O) groups is 2. The summed E-state index contributed by atoms with van der Waals surface area (Å²) in [5, 5.41) is 8.37. The molecule has 0 aliphatic carbocycles. The first-order valence-corrected chi connectivity index (χ1v) is 8.19. The van der Waals surface area contributed by atoms with E-state index in [2.05, 4.69) is 4.74 Å². The zero-order chi connectivity index (χ0) is 18.2. The number of Topliss-reactive ketones (excluding diaryl/α,β-unsaturated/α-hetero) is 1. The lowest BCUT2D eigenvalue weighted by Crippen LogP contribution is -2.38. The van der Waals surface area contributed by atoms with Gasteiger partial charge in [0.2, 0.25) is 0 Å². The molecule has 0 atom stereocenters. The average molecular weight is 346 g/mol. The topological polar surface area (TPSA) is 88.9 Å². The summed E-state index contributed by atoms with van der Waals surface area (Å²) in [6.45, 7) is 1.10. The van der Waals surface area contributed by atoms with E-state index in [0.717, 1.165) is 19.3 Å². The number of likely N-dealkylation sites (tertiary alicyclic amines) is 1. The van der Waals surface area contributed by atoms with Crippen molar-refractivity contribution in [3.63, 3.8) is 0 Å². The van der Waals surface area contributed by atoms with E-state index >= 15 is 0 Å². The van der Waals surface area contributed by atoms with Gasteiger partial charge in [-0.05, 0) is 43.4 Å². The summed E-state index contributed by atoms with van der Waals surface area (Å²) in [5.74, 6) is 1.58. The van der Waals surface area contributed by atoms with Crippen LogP contribution in [0.2, 0.25) is 0 Å². The van der Waals surface area contributed by atoms with Gasteiger partial charge in [0.15, 0.2) is 17.3 Å². The summed E-state index contributed by atoms with van der Waals surface area (Å²) in [7, 11) is 3.09. The van der Waals surface area contributed by atoms with Crippen molar-refractivity contribution in [2.24, 2.45) is 5.92 Å². The lowest BCUT2D eigenvalue weighted by Gasteiger charge is -2.30. The second kappa shape index (κ2) is 8.92. The molecule has 1 aromatic rings. The Bertz CT molecular complexity index is 660. The fourth-order valence-corrected chi connectivity index (χ4v) is 3.00. The Morgan fingerprint density at radius 1 is 1.20 bits per heavy atom. The maximum atomic E-state index is 12.4. The average Bonchev–Trinajstić information content (AvgIpc) is 2.66. The van der Waals surface area contributed by atoms with Gasteiger partial charge in [-0.15, -0.1) is 5.26 Å². The molecular weight excluding hydrogens is 324 g/mol. The molecule has 0 aromatic heterocycles. The van der Waals surface area contributed by atoms with E-state index in [-0.39, 0.29) is 5.78 Å². The van der Waals surface area contributed by atoms with Crippen LogP contribution in [-0.2, 0) is 4.74 Å². The van der Waals surface area contributed by atoms with Crippen LogP contribution in [0.5, 0.6) is 11.5 Å². The van der Waals surface area contributed by atoms with Gasteiger partial charge >= 0.3 is 6.09 Å². The highest BCUT2D eigenvalue weighted by Crippen LogP contribution is 2.29. The van der Waals surface area contributed by atoms with Crippen LogP contribution in [0, 0.1) is 17.4 Å². The van der Waals surface area contributed by atoms with Crippen LogP contribution in [0.1, 0.15) is 36.0 Å². The molecule has 134 valence electrons. The SMILES string of the molecule is COc1ccc(C(=O)CCC2CCN(C(=O)OC#N)CC2)cc1OC. The van der Waals surface area contributed by atoms with Gasteiger partial charge in [0, 0.05) is 25.1 Å². The molecule has 1 fully saturated rings. The molecule has 0 saturated carbocycles. The minimum absolute atomic E-state index is 0.0623. The number of hydrogen-bond acceptors (Lipinski definition) is 6. The Balaban J connectivity index is 1.83. The molecule has 25 heavy (non-hydrogen) atoms. The van der Waals surface area contributed by atoms with Gasteiger partial charge in [-0.3, -0.25) is 4.79 Å². The van der Waals surface area contributed by atoms with Crippen molar-refractivity contribution in [3.05, 3.63) is 23.8 Å². The largest absolute Gasteiger partial charge is 0.493 e. The number of rotatable bonds is 6. The Labute approximate surface area is 147 Å². The maximum Gasteiger partial charge on any atom is 0.425 e. The summed E-state index contributed by atoms with van der Waals surface area (Å²) in [6, 6.07) is 5.16. The second-order valence-corrected chi connectivity index (χ2v) is 5.92. The number of ketones is 1. The number of nitrogens with zero attached hydrogens (tertiary/aromatic N) is 2. The lowest BCUT2D eigenvalue weighted by atomic mass is 9.90. The highest BCUT2D eigenvalue weighted by molar-refractivity contribution is 5.96. The van der Waals surface area contributed by atoms with Crippen LogP contribution in [-0.4, -0.2) is 44.1 Å². The van der Waals surface area contributed by atoms with Crippen molar-refractivity contribution in [3.8, 4) is 17.8 Å². The first-order valence-electron chi connectivity index (χ1n) is 8.19. The number of ether oxygens (including phenoxy) is 3. The summed E-state index contributed by atoms with van der Waals surface area (Å²) in [5.41, 5.74) is 0.604. The van der Waals surface area contributed by atoms with E-state index in [4.69, 9.17) is 14.7 Å². The fraction of sp³-hybridized carbons (Fsp3) is 0.500.